The van der Waals surface area contributed by atoms with Crippen LogP contribution >= 0.6 is 11.3 Å². The maximum atomic E-state index is 12.1. The second-order valence-electron chi connectivity index (χ2n) is 5.84. The molecule has 0 spiro atoms. The summed E-state index contributed by atoms with van der Waals surface area (Å²) in [6.07, 6.45) is 2.72. The minimum absolute atomic E-state index is 0.152. The first kappa shape index (κ1) is 14.5. The fourth-order valence-electron chi connectivity index (χ4n) is 2.77. The Morgan fingerprint density at radius 1 is 1.43 bits per heavy atom. The minimum Gasteiger partial charge on any atom is -0.393 e. The number of para-hydroxylation sites is 1. The van der Waals surface area contributed by atoms with Crippen molar-refractivity contribution in [3.8, 4) is 0 Å². The van der Waals surface area contributed by atoms with Crippen molar-refractivity contribution in [2.75, 3.05) is 13.6 Å². The number of benzene rings is 1. The van der Waals surface area contributed by atoms with E-state index in [0.29, 0.717) is 18.8 Å². The average Bonchev–Trinajstić information content (AvgIpc) is 2.85. The number of rotatable bonds is 5. The smallest absolute Gasteiger partial charge is 0.222 e. The average molecular weight is 304 g/mol. The summed E-state index contributed by atoms with van der Waals surface area (Å²) in [5.74, 6) is 0.632. The fraction of sp³-hybridized carbons (Fsp3) is 0.500. The SMILES string of the molecule is CN(CC1CC(O)C1)C(=O)CCc1nc2ccccc2s1. The molecule has 0 atom stereocenters. The summed E-state index contributed by atoms with van der Waals surface area (Å²) < 4.78 is 1.18. The summed E-state index contributed by atoms with van der Waals surface area (Å²) in [4.78, 5) is 18.5. The number of fused-ring (bicyclic) bond motifs is 1. The van der Waals surface area contributed by atoms with E-state index in [-0.39, 0.29) is 12.0 Å². The Morgan fingerprint density at radius 2 is 2.19 bits per heavy atom. The quantitative estimate of drug-likeness (QED) is 0.923. The number of aliphatic hydroxyl groups is 1. The first-order valence-corrected chi connectivity index (χ1v) is 8.20. The largest absolute Gasteiger partial charge is 0.393 e. The number of aromatic nitrogens is 1. The Bertz CT molecular complexity index is 601. The van der Waals surface area contributed by atoms with E-state index in [1.807, 2.05) is 25.2 Å². The number of carbonyl (C=O) groups excluding carboxylic acids is 1. The number of aryl methyl sites for hydroxylation is 1. The van der Waals surface area contributed by atoms with Gasteiger partial charge in [-0.2, -0.15) is 0 Å². The number of hydrogen-bond donors (Lipinski definition) is 1. The van der Waals surface area contributed by atoms with Crippen LogP contribution in [0.2, 0.25) is 0 Å². The maximum absolute atomic E-state index is 12.1. The second-order valence-corrected chi connectivity index (χ2v) is 6.96. The van der Waals surface area contributed by atoms with Gasteiger partial charge in [-0.3, -0.25) is 4.79 Å². The molecule has 4 nitrogen and oxygen atoms in total. The van der Waals surface area contributed by atoms with Gasteiger partial charge in [0.1, 0.15) is 0 Å². The van der Waals surface area contributed by atoms with E-state index in [4.69, 9.17) is 0 Å². The van der Waals surface area contributed by atoms with Gasteiger partial charge in [-0.15, -0.1) is 11.3 Å². The van der Waals surface area contributed by atoms with Gasteiger partial charge in [-0.05, 0) is 30.9 Å². The highest BCUT2D eigenvalue weighted by atomic mass is 32.1. The lowest BCUT2D eigenvalue weighted by molar-refractivity contribution is -0.131. The van der Waals surface area contributed by atoms with Crippen LogP contribution in [0.5, 0.6) is 0 Å². The van der Waals surface area contributed by atoms with Crippen LogP contribution in [0.25, 0.3) is 10.2 Å². The Labute approximate surface area is 128 Å². The fourth-order valence-corrected chi connectivity index (χ4v) is 3.74. The molecule has 1 fully saturated rings. The molecular formula is C16H20N2O2S. The Balaban J connectivity index is 1.50. The second kappa shape index (κ2) is 6.12. The lowest BCUT2D eigenvalue weighted by atomic mass is 9.82. The molecular weight excluding hydrogens is 284 g/mol. The Hall–Kier alpha value is -1.46. The third-order valence-electron chi connectivity index (χ3n) is 4.06. The summed E-state index contributed by atoms with van der Waals surface area (Å²) in [6.45, 7) is 0.760. The van der Waals surface area contributed by atoms with Crippen molar-refractivity contribution in [1.82, 2.24) is 9.88 Å². The number of thiazole rings is 1. The molecule has 5 heteroatoms. The highest BCUT2D eigenvalue weighted by molar-refractivity contribution is 7.18. The van der Waals surface area contributed by atoms with Crippen molar-refractivity contribution in [1.29, 1.82) is 0 Å². The van der Waals surface area contributed by atoms with Gasteiger partial charge < -0.3 is 10.0 Å². The summed E-state index contributed by atoms with van der Waals surface area (Å²) in [5, 5.41) is 10.3. The molecule has 21 heavy (non-hydrogen) atoms. The number of amides is 1. The van der Waals surface area contributed by atoms with Gasteiger partial charge in [0.25, 0.3) is 0 Å². The monoisotopic (exact) mass is 304 g/mol. The van der Waals surface area contributed by atoms with E-state index in [9.17, 15) is 9.90 Å². The van der Waals surface area contributed by atoms with E-state index < -0.39 is 0 Å². The molecule has 1 aromatic heterocycles. The van der Waals surface area contributed by atoms with Gasteiger partial charge in [0.2, 0.25) is 5.91 Å². The van der Waals surface area contributed by atoms with E-state index in [2.05, 4.69) is 11.1 Å². The zero-order valence-corrected chi connectivity index (χ0v) is 13.0. The van der Waals surface area contributed by atoms with Gasteiger partial charge in [-0.1, -0.05) is 12.1 Å². The van der Waals surface area contributed by atoms with Crippen LogP contribution in [0.15, 0.2) is 24.3 Å². The van der Waals surface area contributed by atoms with Crippen molar-refractivity contribution in [3.05, 3.63) is 29.3 Å². The molecule has 1 aromatic carbocycles. The van der Waals surface area contributed by atoms with E-state index in [1.54, 1.807) is 16.2 Å². The number of aliphatic hydroxyl groups excluding tert-OH is 1. The zero-order valence-electron chi connectivity index (χ0n) is 12.2. The molecule has 1 aliphatic carbocycles. The predicted molar refractivity (Wildman–Crippen MR) is 84.3 cm³/mol. The molecule has 2 aromatic rings. The number of carbonyl (C=O) groups is 1. The predicted octanol–water partition coefficient (Wildman–Crippen LogP) is 2.46. The first-order chi connectivity index (χ1) is 10.1. The van der Waals surface area contributed by atoms with Crippen LogP contribution in [0.4, 0.5) is 0 Å². The normalized spacial score (nSPS) is 21.2. The van der Waals surface area contributed by atoms with Gasteiger partial charge in [0, 0.05) is 26.4 Å². The summed E-state index contributed by atoms with van der Waals surface area (Å²) in [7, 11) is 1.85. The van der Waals surface area contributed by atoms with Crippen molar-refractivity contribution < 1.29 is 9.90 Å². The van der Waals surface area contributed by atoms with Gasteiger partial charge in [0.05, 0.1) is 21.3 Å². The molecule has 112 valence electrons. The lowest BCUT2D eigenvalue weighted by Gasteiger charge is -2.34. The Kier molecular flexibility index (Phi) is 4.22. The van der Waals surface area contributed by atoms with Crippen LogP contribution in [0.3, 0.4) is 0 Å². The van der Waals surface area contributed by atoms with Crippen LogP contribution in [-0.2, 0) is 11.2 Å². The molecule has 0 aliphatic heterocycles. The van der Waals surface area contributed by atoms with Crippen LogP contribution in [0.1, 0.15) is 24.3 Å². The van der Waals surface area contributed by atoms with Gasteiger partial charge in [0.15, 0.2) is 0 Å². The topological polar surface area (TPSA) is 53.4 Å². The van der Waals surface area contributed by atoms with Crippen molar-refractivity contribution in [2.45, 2.75) is 31.8 Å². The number of nitrogens with zero attached hydrogens (tertiary/aromatic N) is 2. The molecule has 3 rings (SSSR count). The summed E-state index contributed by atoms with van der Waals surface area (Å²) in [5.41, 5.74) is 1.02. The number of hydrogen-bond acceptors (Lipinski definition) is 4. The third kappa shape index (κ3) is 3.41. The third-order valence-corrected chi connectivity index (χ3v) is 5.16. The van der Waals surface area contributed by atoms with E-state index in [1.165, 1.54) is 4.70 Å². The molecule has 0 bridgehead atoms. The van der Waals surface area contributed by atoms with Crippen molar-refractivity contribution in [3.63, 3.8) is 0 Å². The molecule has 1 N–H and O–H groups in total. The van der Waals surface area contributed by atoms with Crippen LogP contribution in [0, 0.1) is 5.92 Å². The van der Waals surface area contributed by atoms with Crippen molar-refractivity contribution in [2.24, 2.45) is 5.92 Å². The molecule has 0 saturated heterocycles. The molecule has 1 amide bonds. The zero-order chi connectivity index (χ0) is 14.8. The molecule has 0 radical (unpaired) electrons. The molecule has 1 saturated carbocycles. The maximum Gasteiger partial charge on any atom is 0.222 e. The minimum atomic E-state index is -0.152. The van der Waals surface area contributed by atoms with E-state index >= 15 is 0 Å². The lowest BCUT2D eigenvalue weighted by Crippen LogP contribution is -2.39. The standard InChI is InChI=1S/C16H20N2O2S/c1-18(10-11-8-12(19)9-11)16(20)7-6-15-17-13-4-2-3-5-14(13)21-15/h2-5,11-12,19H,6-10H2,1H3. The van der Waals surface area contributed by atoms with Gasteiger partial charge in [-0.25, -0.2) is 4.98 Å². The first-order valence-electron chi connectivity index (χ1n) is 7.38. The van der Waals surface area contributed by atoms with Crippen LogP contribution in [-0.4, -0.2) is 40.6 Å². The van der Waals surface area contributed by atoms with E-state index in [0.717, 1.165) is 29.9 Å². The van der Waals surface area contributed by atoms with Crippen molar-refractivity contribution >= 4 is 27.5 Å². The molecule has 0 unspecified atom stereocenters. The summed E-state index contributed by atoms with van der Waals surface area (Å²) in [6, 6.07) is 8.06. The van der Waals surface area contributed by atoms with Gasteiger partial charge >= 0.3 is 0 Å². The highest BCUT2D eigenvalue weighted by Crippen LogP contribution is 2.28. The molecule has 1 heterocycles. The van der Waals surface area contributed by atoms with Crippen LogP contribution < -0.4 is 0 Å². The Morgan fingerprint density at radius 3 is 2.90 bits per heavy atom. The summed E-state index contributed by atoms with van der Waals surface area (Å²) >= 11 is 1.67. The highest BCUT2D eigenvalue weighted by Gasteiger charge is 2.28. The molecule has 1 aliphatic rings.